The highest BCUT2D eigenvalue weighted by Crippen LogP contribution is 2.25. The van der Waals surface area contributed by atoms with Gasteiger partial charge in [0.05, 0.1) is 23.5 Å². The smallest absolute Gasteiger partial charge is 0.0748 e. The molecule has 3 heteroatoms. The molecule has 2 atom stereocenters. The zero-order valence-electron chi connectivity index (χ0n) is 9.29. The van der Waals surface area contributed by atoms with Gasteiger partial charge in [-0.25, -0.2) is 0 Å². The van der Waals surface area contributed by atoms with E-state index in [-0.39, 0.29) is 6.10 Å². The molecular formula is C12H18N2O. The van der Waals surface area contributed by atoms with Gasteiger partial charge in [-0.05, 0) is 31.9 Å². The largest absolute Gasteiger partial charge is 0.397 e. The van der Waals surface area contributed by atoms with Gasteiger partial charge in [-0.1, -0.05) is 12.1 Å². The van der Waals surface area contributed by atoms with E-state index in [1.807, 2.05) is 25.1 Å². The number of nitrogen functional groups attached to an aromatic ring is 1. The Morgan fingerprint density at radius 2 is 2.27 bits per heavy atom. The molecule has 15 heavy (non-hydrogen) atoms. The van der Waals surface area contributed by atoms with Gasteiger partial charge in [-0.15, -0.1) is 0 Å². The van der Waals surface area contributed by atoms with E-state index in [2.05, 4.69) is 12.2 Å². The van der Waals surface area contributed by atoms with E-state index < -0.39 is 0 Å². The molecule has 3 nitrogen and oxygen atoms in total. The molecule has 2 unspecified atom stereocenters. The average molecular weight is 206 g/mol. The maximum Gasteiger partial charge on any atom is 0.0748 e. The highest BCUT2D eigenvalue weighted by Gasteiger charge is 2.24. The summed E-state index contributed by atoms with van der Waals surface area (Å²) in [5, 5.41) is 3.45. The molecule has 1 aliphatic rings. The Morgan fingerprint density at radius 1 is 1.47 bits per heavy atom. The highest BCUT2D eigenvalue weighted by molar-refractivity contribution is 5.69. The van der Waals surface area contributed by atoms with E-state index in [9.17, 15) is 0 Å². The molecule has 1 aromatic rings. The van der Waals surface area contributed by atoms with E-state index in [1.165, 1.54) is 0 Å². The van der Waals surface area contributed by atoms with Crippen LogP contribution in [0.4, 0.5) is 11.4 Å². The van der Waals surface area contributed by atoms with Crippen LogP contribution < -0.4 is 11.1 Å². The molecular weight excluding hydrogens is 188 g/mol. The summed E-state index contributed by atoms with van der Waals surface area (Å²) in [6.45, 7) is 4.95. The molecule has 1 heterocycles. The molecule has 0 spiro atoms. The summed E-state index contributed by atoms with van der Waals surface area (Å²) in [6.07, 6.45) is 1.32. The van der Waals surface area contributed by atoms with Crippen molar-refractivity contribution in [1.29, 1.82) is 0 Å². The van der Waals surface area contributed by atoms with Crippen molar-refractivity contribution in [2.75, 3.05) is 17.7 Å². The van der Waals surface area contributed by atoms with Crippen LogP contribution in [-0.4, -0.2) is 18.8 Å². The van der Waals surface area contributed by atoms with Crippen molar-refractivity contribution in [3.05, 3.63) is 23.8 Å². The van der Waals surface area contributed by atoms with Crippen LogP contribution >= 0.6 is 0 Å². The first-order valence-electron chi connectivity index (χ1n) is 5.41. The van der Waals surface area contributed by atoms with Crippen molar-refractivity contribution in [2.45, 2.75) is 32.4 Å². The Balaban J connectivity index is 2.13. The van der Waals surface area contributed by atoms with Crippen LogP contribution in [0, 0.1) is 6.92 Å². The van der Waals surface area contributed by atoms with Crippen LogP contribution in [0.3, 0.4) is 0 Å². The standard InChI is InChI=1S/C12H18N2O/c1-8-4-3-5-11(12(8)13)14-10-6-7-15-9(10)2/h3-5,9-10,14H,6-7,13H2,1-2H3. The van der Waals surface area contributed by atoms with Crippen LogP contribution in [0.1, 0.15) is 18.9 Å². The Kier molecular flexibility index (Phi) is 2.82. The minimum Gasteiger partial charge on any atom is -0.397 e. The van der Waals surface area contributed by atoms with Crippen molar-refractivity contribution >= 4 is 11.4 Å². The maximum absolute atomic E-state index is 6.00. The van der Waals surface area contributed by atoms with Crippen LogP contribution in [0.2, 0.25) is 0 Å². The minimum absolute atomic E-state index is 0.268. The number of anilines is 2. The van der Waals surface area contributed by atoms with Gasteiger partial charge in [0.15, 0.2) is 0 Å². The van der Waals surface area contributed by atoms with Crippen molar-refractivity contribution in [3.8, 4) is 0 Å². The molecule has 1 aliphatic heterocycles. The number of rotatable bonds is 2. The predicted octanol–water partition coefficient (Wildman–Crippen LogP) is 2.17. The van der Waals surface area contributed by atoms with Gasteiger partial charge in [0, 0.05) is 6.61 Å². The second-order valence-corrected chi connectivity index (χ2v) is 4.15. The van der Waals surface area contributed by atoms with Crippen molar-refractivity contribution < 1.29 is 4.74 Å². The molecule has 0 aliphatic carbocycles. The zero-order chi connectivity index (χ0) is 10.8. The van der Waals surface area contributed by atoms with Crippen molar-refractivity contribution in [3.63, 3.8) is 0 Å². The van der Waals surface area contributed by atoms with E-state index in [0.29, 0.717) is 6.04 Å². The number of hydrogen-bond acceptors (Lipinski definition) is 3. The first-order chi connectivity index (χ1) is 7.18. The fraction of sp³-hybridized carbons (Fsp3) is 0.500. The minimum atomic E-state index is 0.268. The van der Waals surface area contributed by atoms with E-state index >= 15 is 0 Å². The lowest BCUT2D eigenvalue weighted by Gasteiger charge is -2.19. The summed E-state index contributed by atoms with van der Waals surface area (Å²) >= 11 is 0. The number of ether oxygens (including phenoxy) is 1. The summed E-state index contributed by atoms with van der Waals surface area (Å²) in [7, 11) is 0. The quantitative estimate of drug-likeness (QED) is 0.729. The average Bonchev–Trinajstić information content (AvgIpc) is 2.60. The monoisotopic (exact) mass is 206 g/mol. The Hall–Kier alpha value is -1.22. The molecule has 1 fully saturated rings. The number of nitrogens with two attached hydrogens (primary N) is 1. The van der Waals surface area contributed by atoms with Gasteiger partial charge in [0.2, 0.25) is 0 Å². The van der Waals surface area contributed by atoms with Crippen LogP contribution in [0.5, 0.6) is 0 Å². The molecule has 1 aromatic carbocycles. The summed E-state index contributed by atoms with van der Waals surface area (Å²) in [5.74, 6) is 0. The SMILES string of the molecule is Cc1cccc(NC2CCOC2C)c1N. The normalized spacial score (nSPS) is 25.5. The summed E-state index contributed by atoms with van der Waals surface area (Å²) in [6, 6.07) is 6.45. The Bertz CT molecular complexity index is 351. The number of hydrogen-bond donors (Lipinski definition) is 2. The van der Waals surface area contributed by atoms with Crippen molar-refractivity contribution in [2.24, 2.45) is 0 Å². The first-order valence-corrected chi connectivity index (χ1v) is 5.41. The third-order valence-corrected chi connectivity index (χ3v) is 3.04. The summed E-state index contributed by atoms with van der Waals surface area (Å²) < 4.78 is 5.50. The van der Waals surface area contributed by atoms with Gasteiger partial charge in [-0.3, -0.25) is 0 Å². The summed E-state index contributed by atoms with van der Waals surface area (Å²) in [4.78, 5) is 0. The predicted molar refractivity (Wildman–Crippen MR) is 63.0 cm³/mol. The number of nitrogens with one attached hydrogen (secondary N) is 1. The maximum atomic E-state index is 6.00. The molecule has 0 amide bonds. The molecule has 1 saturated heterocycles. The molecule has 0 saturated carbocycles. The lowest BCUT2D eigenvalue weighted by Crippen LogP contribution is -2.27. The lowest BCUT2D eigenvalue weighted by atomic mass is 10.1. The van der Waals surface area contributed by atoms with Gasteiger partial charge in [0.1, 0.15) is 0 Å². The van der Waals surface area contributed by atoms with Crippen LogP contribution in [0.15, 0.2) is 18.2 Å². The van der Waals surface area contributed by atoms with Crippen molar-refractivity contribution in [1.82, 2.24) is 0 Å². The van der Waals surface area contributed by atoms with Gasteiger partial charge < -0.3 is 15.8 Å². The fourth-order valence-electron chi connectivity index (χ4n) is 1.93. The van der Waals surface area contributed by atoms with Gasteiger partial charge in [0.25, 0.3) is 0 Å². The van der Waals surface area contributed by atoms with Crippen LogP contribution in [0.25, 0.3) is 0 Å². The fourth-order valence-corrected chi connectivity index (χ4v) is 1.93. The summed E-state index contributed by atoms with van der Waals surface area (Å²) in [5.41, 5.74) is 8.99. The molecule has 0 radical (unpaired) electrons. The Labute approximate surface area is 90.6 Å². The lowest BCUT2D eigenvalue weighted by molar-refractivity contribution is 0.121. The molecule has 0 bridgehead atoms. The second-order valence-electron chi connectivity index (χ2n) is 4.15. The van der Waals surface area contributed by atoms with E-state index in [4.69, 9.17) is 10.5 Å². The van der Waals surface area contributed by atoms with Crippen LogP contribution in [-0.2, 0) is 4.74 Å². The zero-order valence-corrected chi connectivity index (χ0v) is 9.29. The van der Waals surface area contributed by atoms with E-state index in [0.717, 1.165) is 30.0 Å². The number of benzene rings is 1. The third kappa shape index (κ3) is 2.07. The molecule has 3 N–H and O–H groups in total. The molecule has 2 rings (SSSR count). The third-order valence-electron chi connectivity index (χ3n) is 3.04. The number of para-hydroxylation sites is 1. The molecule has 0 aromatic heterocycles. The second kappa shape index (κ2) is 4.11. The van der Waals surface area contributed by atoms with Gasteiger partial charge in [-0.2, -0.15) is 0 Å². The first kappa shape index (κ1) is 10.3. The topological polar surface area (TPSA) is 47.3 Å². The number of aryl methyl sites for hydroxylation is 1. The highest BCUT2D eigenvalue weighted by atomic mass is 16.5. The van der Waals surface area contributed by atoms with E-state index in [1.54, 1.807) is 0 Å². The Morgan fingerprint density at radius 3 is 2.93 bits per heavy atom. The molecule has 82 valence electrons. The van der Waals surface area contributed by atoms with Gasteiger partial charge >= 0.3 is 0 Å².